The third-order valence-corrected chi connectivity index (χ3v) is 5.01. The SMILES string of the molecule is CC(C)CC(C(N)=O)N(CC#N)c1nonc1-c1ccc(N2CCNCC2)cc1. The van der Waals surface area contributed by atoms with Crippen molar-refractivity contribution in [1.82, 2.24) is 15.6 Å². The van der Waals surface area contributed by atoms with Crippen LogP contribution < -0.4 is 20.9 Å². The first-order valence-corrected chi connectivity index (χ1v) is 9.82. The van der Waals surface area contributed by atoms with E-state index >= 15 is 0 Å². The Labute approximate surface area is 170 Å². The van der Waals surface area contributed by atoms with Crippen LogP contribution >= 0.6 is 0 Å². The molecule has 1 saturated heterocycles. The molecule has 2 heterocycles. The number of benzene rings is 1. The van der Waals surface area contributed by atoms with E-state index in [1.165, 1.54) is 0 Å². The minimum absolute atomic E-state index is 0.0413. The lowest BCUT2D eigenvalue weighted by Gasteiger charge is -2.29. The summed E-state index contributed by atoms with van der Waals surface area (Å²) >= 11 is 0. The van der Waals surface area contributed by atoms with Gasteiger partial charge in [0.05, 0.1) is 6.07 Å². The summed E-state index contributed by atoms with van der Waals surface area (Å²) in [6.45, 7) is 7.80. The van der Waals surface area contributed by atoms with Gasteiger partial charge < -0.3 is 20.9 Å². The Hall–Kier alpha value is -3.12. The van der Waals surface area contributed by atoms with Gasteiger partial charge in [-0.05, 0) is 34.8 Å². The van der Waals surface area contributed by atoms with Gasteiger partial charge in [-0.1, -0.05) is 26.0 Å². The number of rotatable bonds is 8. The van der Waals surface area contributed by atoms with E-state index in [0.717, 1.165) is 37.4 Å². The van der Waals surface area contributed by atoms with E-state index in [1.807, 2.05) is 38.1 Å². The zero-order valence-corrected chi connectivity index (χ0v) is 16.8. The average molecular weight is 397 g/mol. The van der Waals surface area contributed by atoms with Crippen molar-refractivity contribution in [1.29, 1.82) is 5.26 Å². The van der Waals surface area contributed by atoms with E-state index in [1.54, 1.807) is 4.90 Å². The molecule has 0 aliphatic carbocycles. The van der Waals surface area contributed by atoms with Gasteiger partial charge in [0.15, 0.2) is 5.69 Å². The standard InChI is InChI=1S/C20H27N7O2/c1-14(2)13-17(19(22)28)27(10-7-21)20-18(24-29-25-20)15-3-5-16(6-4-15)26-11-8-23-9-12-26/h3-6,14,17,23H,8-13H2,1-2H3,(H2,22,28). The predicted octanol–water partition coefficient (Wildman–Crippen LogP) is 1.38. The number of piperazine rings is 1. The number of carbonyl (C=O) groups is 1. The van der Waals surface area contributed by atoms with E-state index < -0.39 is 11.9 Å². The van der Waals surface area contributed by atoms with Gasteiger partial charge in [-0.2, -0.15) is 5.26 Å². The lowest BCUT2D eigenvalue weighted by atomic mass is 10.0. The van der Waals surface area contributed by atoms with Crippen molar-refractivity contribution in [3.63, 3.8) is 0 Å². The van der Waals surface area contributed by atoms with E-state index in [-0.39, 0.29) is 12.5 Å². The molecule has 9 heteroatoms. The smallest absolute Gasteiger partial charge is 0.240 e. The third kappa shape index (κ3) is 4.84. The summed E-state index contributed by atoms with van der Waals surface area (Å²) in [4.78, 5) is 16.0. The van der Waals surface area contributed by atoms with Crippen molar-refractivity contribution in [2.75, 3.05) is 42.5 Å². The molecule has 1 aromatic heterocycles. The molecular formula is C20H27N7O2. The van der Waals surface area contributed by atoms with Gasteiger partial charge in [0.2, 0.25) is 11.7 Å². The molecule has 1 atom stereocenters. The topological polar surface area (TPSA) is 124 Å². The monoisotopic (exact) mass is 397 g/mol. The van der Waals surface area contributed by atoms with E-state index in [4.69, 9.17) is 10.4 Å². The Morgan fingerprint density at radius 1 is 1.31 bits per heavy atom. The number of hydrogen-bond donors (Lipinski definition) is 2. The fraction of sp³-hybridized carbons (Fsp3) is 0.500. The highest BCUT2D eigenvalue weighted by atomic mass is 16.6. The first-order chi connectivity index (χ1) is 14.0. The number of aromatic nitrogens is 2. The molecule has 1 aromatic carbocycles. The molecule has 3 N–H and O–H groups in total. The zero-order chi connectivity index (χ0) is 20.8. The highest BCUT2D eigenvalue weighted by Crippen LogP contribution is 2.31. The van der Waals surface area contributed by atoms with E-state index in [0.29, 0.717) is 17.9 Å². The molecule has 1 aliphatic rings. The van der Waals surface area contributed by atoms with Gasteiger partial charge >= 0.3 is 0 Å². The van der Waals surface area contributed by atoms with Crippen LogP contribution in [0.3, 0.4) is 0 Å². The number of nitriles is 1. The van der Waals surface area contributed by atoms with Crippen LogP contribution in [0.2, 0.25) is 0 Å². The molecule has 0 bridgehead atoms. The van der Waals surface area contributed by atoms with E-state index in [9.17, 15) is 10.1 Å². The number of nitrogens with zero attached hydrogens (tertiary/aromatic N) is 5. The number of primary amides is 1. The quantitative estimate of drug-likeness (QED) is 0.640. The van der Waals surface area contributed by atoms with Crippen LogP contribution in [0.4, 0.5) is 11.5 Å². The summed E-state index contributed by atoms with van der Waals surface area (Å²) < 4.78 is 4.99. The number of hydrogen-bond acceptors (Lipinski definition) is 8. The van der Waals surface area contributed by atoms with Crippen molar-refractivity contribution in [2.24, 2.45) is 11.7 Å². The normalized spacial score (nSPS) is 15.2. The van der Waals surface area contributed by atoms with Crippen LogP contribution in [0.5, 0.6) is 0 Å². The molecule has 0 radical (unpaired) electrons. The van der Waals surface area contributed by atoms with Crippen molar-refractivity contribution in [3.05, 3.63) is 24.3 Å². The number of amides is 1. The minimum atomic E-state index is -0.666. The molecular weight excluding hydrogens is 370 g/mol. The molecule has 1 unspecified atom stereocenters. The molecule has 3 rings (SSSR count). The Morgan fingerprint density at radius 3 is 2.59 bits per heavy atom. The highest BCUT2D eigenvalue weighted by Gasteiger charge is 2.30. The Balaban J connectivity index is 1.89. The van der Waals surface area contributed by atoms with Crippen LogP contribution in [0, 0.1) is 17.2 Å². The molecule has 154 valence electrons. The summed E-state index contributed by atoms with van der Waals surface area (Å²) in [5, 5.41) is 20.7. The summed E-state index contributed by atoms with van der Waals surface area (Å²) in [7, 11) is 0. The van der Waals surface area contributed by atoms with Gasteiger partial charge in [0.1, 0.15) is 12.6 Å². The van der Waals surface area contributed by atoms with Crippen molar-refractivity contribution in [2.45, 2.75) is 26.3 Å². The van der Waals surface area contributed by atoms with Crippen LogP contribution in [-0.2, 0) is 4.79 Å². The number of nitrogens with two attached hydrogens (primary N) is 1. The molecule has 29 heavy (non-hydrogen) atoms. The predicted molar refractivity (Wildman–Crippen MR) is 110 cm³/mol. The first-order valence-electron chi connectivity index (χ1n) is 9.82. The zero-order valence-electron chi connectivity index (χ0n) is 16.8. The highest BCUT2D eigenvalue weighted by molar-refractivity contribution is 5.85. The van der Waals surface area contributed by atoms with Crippen LogP contribution in [0.15, 0.2) is 28.9 Å². The van der Waals surface area contributed by atoms with E-state index in [2.05, 4.69) is 26.6 Å². The Bertz CT molecular complexity index is 850. The maximum absolute atomic E-state index is 12.1. The summed E-state index contributed by atoms with van der Waals surface area (Å²) in [5.41, 5.74) is 8.06. The van der Waals surface area contributed by atoms with Gasteiger partial charge in [0, 0.05) is 37.4 Å². The lowest BCUT2D eigenvalue weighted by molar-refractivity contribution is -0.119. The summed E-state index contributed by atoms with van der Waals surface area (Å²) in [5.74, 6) is 0.0678. The number of nitrogens with one attached hydrogen (secondary N) is 1. The fourth-order valence-corrected chi connectivity index (χ4v) is 3.56. The minimum Gasteiger partial charge on any atom is -0.369 e. The van der Waals surface area contributed by atoms with Crippen LogP contribution in [0.1, 0.15) is 20.3 Å². The van der Waals surface area contributed by atoms with Gasteiger partial charge in [0.25, 0.3) is 0 Å². The third-order valence-electron chi connectivity index (χ3n) is 5.01. The molecule has 1 fully saturated rings. The number of carbonyl (C=O) groups excluding carboxylic acids is 1. The largest absolute Gasteiger partial charge is 0.369 e. The second kappa shape index (κ2) is 9.39. The maximum Gasteiger partial charge on any atom is 0.240 e. The number of anilines is 2. The second-order valence-electron chi connectivity index (χ2n) is 7.55. The summed E-state index contributed by atoms with van der Waals surface area (Å²) in [6.07, 6.45) is 0.505. The molecule has 2 aromatic rings. The second-order valence-corrected chi connectivity index (χ2v) is 7.55. The maximum atomic E-state index is 12.1. The molecule has 0 saturated carbocycles. The lowest BCUT2D eigenvalue weighted by Crippen LogP contribution is -2.46. The average Bonchev–Trinajstić information content (AvgIpc) is 3.20. The van der Waals surface area contributed by atoms with Crippen molar-refractivity contribution in [3.8, 4) is 17.3 Å². The van der Waals surface area contributed by atoms with Crippen molar-refractivity contribution >= 4 is 17.4 Å². The van der Waals surface area contributed by atoms with Crippen LogP contribution in [-0.4, -0.2) is 55.0 Å². The summed E-state index contributed by atoms with van der Waals surface area (Å²) in [6, 6.07) is 9.40. The van der Waals surface area contributed by atoms with Crippen molar-refractivity contribution < 1.29 is 9.42 Å². The van der Waals surface area contributed by atoms with Gasteiger partial charge in [-0.25, -0.2) is 4.63 Å². The fourth-order valence-electron chi connectivity index (χ4n) is 3.56. The first kappa shape index (κ1) is 20.6. The van der Waals surface area contributed by atoms with Crippen LogP contribution in [0.25, 0.3) is 11.3 Å². The van der Waals surface area contributed by atoms with Gasteiger partial charge in [-0.3, -0.25) is 4.79 Å². The van der Waals surface area contributed by atoms with Gasteiger partial charge in [-0.15, -0.1) is 0 Å². The molecule has 1 aliphatic heterocycles. The molecule has 1 amide bonds. The molecule has 9 nitrogen and oxygen atoms in total. The Kier molecular flexibility index (Phi) is 6.67. The molecule has 0 spiro atoms. The Morgan fingerprint density at radius 2 is 2.00 bits per heavy atom.